The number of nitrogens with zero attached hydrogens (tertiary/aromatic N) is 1. The molecule has 0 saturated heterocycles. The van der Waals surface area contributed by atoms with Gasteiger partial charge in [0.15, 0.2) is 0 Å². The third-order valence-corrected chi connectivity index (χ3v) is 2.99. The lowest BCUT2D eigenvalue weighted by atomic mass is 10.1. The standard InChI is InChI=1S/C15H21N3O2/c1-4-13(5-2)17-18-15(20)14(19)16-11(3)12-9-7-6-8-10-12/h6-11H,4-5H2,1-3H3,(H,16,19)(H,18,20)/t11-/m0/s1. The molecule has 5 heteroatoms. The van der Waals surface area contributed by atoms with Gasteiger partial charge in [-0.25, -0.2) is 5.43 Å². The summed E-state index contributed by atoms with van der Waals surface area (Å²) in [6.07, 6.45) is 1.50. The van der Waals surface area contributed by atoms with E-state index in [4.69, 9.17) is 0 Å². The van der Waals surface area contributed by atoms with Gasteiger partial charge in [-0.1, -0.05) is 44.2 Å². The highest BCUT2D eigenvalue weighted by molar-refractivity contribution is 6.35. The van der Waals surface area contributed by atoms with E-state index in [2.05, 4.69) is 15.8 Å². The van der Waals surface area contributed by atoms with Crippen molar-refractivity contribution in [2.24, 2.45) is 5.10 Å². The Kier molecular flexibility index (Phi) is 6.43. The summed E-state index contributed by atoms with van der Waals surface area (Å²) in [5, 5.41) is 6.55. The van der Waals surface area contributed by atoms with Crippen LogP contribution in [0.3, 0.4) is 0 Å². The SMILES string of the molecule is CCC(CC)=NNC(=O)C(=O)N[C@@H](C)c1ccccc1. The highest BCUT2D eigenvalue weighted by atomic mass is 16.2. The van der Waals surface area contributed by atoms with Gasteiger partial charge in [0, 0.05) is 5.71 Å². The van der Waals surface area contributed by atoms with E-state index < -0.39 is 11.8 Å². The molecule has 0 aliphatic heterocycles. The Morgan fingerprint density at radius 3 is 2.25 bits per heavy atom. The van der Waals surface area contributed by atoms with Crippen LogP contribution in [-0.4, -0.2) is 17.5 Å². The van der Waals surface area contributed by atoms with Crippen molar-refractivity contribution in [3.8, 4) is 0 Å². The zero-order chi connectivity index (χ0) is 15.0. The molecule has 1 rings (SSSR count). The Hall–Kier alpha value is -2.17. The number of amides is 2. The van der Waals surface area contributed by atoms with Crippen LogP contribution in [0.5, 0.6) is 0 Å². The fraction of sp³-hybridized carbons (Fsp3) is 0.400. The van der Waals surface area contributed by atoms with Crippen LogP contribution >= 0.6 is 0 Å². The van der Waals surface area contributed by atoms with Gasteiger partial charge in [0.05, 0.1) is 6.04 Å². The van der Waals surface area contributed by atoms with Crippen molar-refractivity contribution in [3.63, 3.8) is 0 Å². The van der Waals surface area contributed by atoms with Crippen molar-refractivity contribution >= 4 is 17.5 Å². The van der Waals surface area contributed by atoms with E-state index >= 15 is 0 Å². The van der Waals surface area contributed by atoms with E-state index in [0.717, 1.165) is 24.1 Å². The summed E-state index contributed by atoms with van der Waals surface area (Å²) >= 11 is 0. The molecule has 0 fully saturated rings. The number of carbonyl (C=O) groups is 2. The first-order chi connectivity index (χ1) is 9.58. The number of nitrogens with one attached hydrogen (secondary N) is 2. The average Bonchev–Trinajstić information content (AvgIpc) is 2.48. The van der Waals surface area contributed by atoms with Crippen LogP contribution in [0.2, 0.25) is 0 Å². The van der Waals surface area contributed by atoms with Crippen LogP contribution < -0.4 is 10.7 Å². The van der Waals surface area contributed by atoms with Crippen LogP contribution in [-0.2, 0) is 9.59 Å². The molecule has 1 aromatic rings. The summed E-state index contributed by atoms with van der Waals surface area (Å²) in [6, 6.07) is 9.24. The van der Waals surface area contributed by atoms with E-state index in [1.54, 1.807) is 0 Å². The molecule has 0 aromatic heterocycles. The van der Waals surface area contributed by atoms with E-state index in [0.29, 0.717) is 0 Å². The van der Waals surface area contributed by atoms with E-state index in [1.807, 2.05) is 51.1 Å². The number of rotatable bonds is 5. The maximum atomic E-state index is 11.7. The van der Waals surface area contributed by atoms with Crippen LogP contribution in [0.15, 0.2) is 35.4 Å². The van der Waals surface area contributed by atoms with Gasteiger partial charge in [-0.15, -0.1) is 0 Å². The highest BCUT2D eigenvalue weighted by Gasteiger charge is 2.16. The molecule has 2 amide bonds. The number of hydrogen-bond donors (Lipinski definition) is 2. The van der Waals surface area contributed by atoms with E-state index in [9.17, 15) is 9.59 Å². The lowest BCUT2D eigenvalue weighted by molar-refractivity contribution is -0.139. The zero-order valence-electron chi connectivity index (χ0n) is 12.1. The Bertz CT molecular complexity index is 477. The summed E-state index contributed by atoms with van der Waals surface area (Å²) in [5.74, 6) is -1.43. The first kappa shape index (κ1) is 15.9. The normalized spacial score (nSPS) is 11.3. The minimum Gasteiger partial charge on any atom is -0.341 e. The molecule has 20 heavy (non-hydrogen) atoms. The zero-order valence-corrected chi connectivity index (χ0v) is 12.1. The molecule has 0 bridgehead atoms. The lowest BCUT2D eigenvalue weighted by Gasteiger charge is -2.13. The quantitative estimate of drug-likeness (QED) is 0.491. The second kappa shape index (κ2) is 8.09. The molecule has 0 spiro atoms. The van der Waals surface area contributed by atoms with E-state index in [-0.39, 0.29) is 6.04 Å². The molecular weight excluding hydrogens is 254 g/mol. The van der Waals surface area contributed by atoms with E-state index in [1.165, 1.54) is 0 Å². The third kappa shape index (κ3) is 4.84. The Labute approximate surface area is 119 Å². The van der Waals surface area contributed by atoms with Crippen LogP contribution in [0, 0.1) is 0 Å². The van der Waals surface area contributed by atoms with Crippen molar-refractivity contribution in [3.05, 3.63) is 35.9 Å². The van der Waals surface area contributed by atoms with Gasteiger partial charge >= 0.3 is 11.8 Å². The largest absolute Gasteiger partial charge is 0.341 e. The highest BCUT2D eigenvalue weighted by Crippen LogP contribution is 2.10. The summed E-state index contributed by atoms with van der Waals surface area (Å²) in [7, 11) is 0. The molecule has 0 unspecified atom stereocenters. The maximum absolute atomic E-state index is 11.7. The van der Waals surface area contributed by atoms with Crippen molar-refractivity contribution in [1.29, 1.82) is 0 Å². The predicted molar refractivity (Wildman–Crippen MR) is 79.2 cm³/mol. The topological polar surface area (TPSA) is 70.6 Å². The van der Waals surface area contributed by atoms with Gasteiger partial charge in [-0.05, 0) is 25.3 Å². The Morgan fingerprint density at radius 2 is 1.70 bits per heavy atom. The summed E-state index contributed by atoms with van der Waals surface area (Å²) in [4.78, 5) is 23.3. The minimum atomic E-state index is -0.743. The van der Waals surface area contributed by atoms with Gasteiger partial charge in [-0.2, -0.15) is 5.10 Å². The number of hydrazone groups is 1. The molecule has 0 saturated carbocycles. The Balaban J connectivity index is 2.54. The summed E-state index contributed by atoms with van der Waals surface area (Å²) in [5.41, 5.74) is 4.07. The van der Waals surface area contributed by atoms with Crippen molar-refractivity contribution in [2.75, 3.05) is 0 Å². The third-order valence-electron chi connectivity index (χ3n) is 2.99. The molecule has 1 aromatic carbocycles. The first-order valence-corrected chi connectivity index (χ1v) is 6.79. The summed E-state index contributed by atoms with van der Waals surface area (Å²) < 4.78 is 0. The molecule has 1 atom stereocenters. The van der Waals surface area contributed by atoms with Crippen molar-refractivity contribution < 1.29 is 9.59 Å². The number of benzene rings is 1. The number of hydrogen-bond acceptors (Lipinski definition) is 3. The molecular formula is C15H21N3O2. The smallest absolute Gasteiger partial charge is 0.329 e. The van der Waals surface area contributed by atoms with Gasteiger partial charge in [-0.3, -0.25) is 9.59 Å². The second-order valence-electron chi connectivity index (χ2n) is 4.43. The van der Waals surface area contributed by atoms with Gasteiger partial charge in [0.25, 0.3) is 0 Å². The minimum absolute atomic E-state index is 0.227. The van der Waals surface area contributed by atoms with Crippen LogP contribution in [0.4, 0.5) is 0 Å². The molecule has 0 aliphatic carbocycles. The maximum Gasteiger partial charge on any atom is 0.329 e. The number of carbonyl (C=O) groups excluding carboxylic acids is 2. The van der Waals surface area contributed by atoms with Gasteiger partial charge in [0.2, 0.25) is 0 Å². The molecule has 2 N–H and O–H groups in total. The molecule has 0 aliphatic rings. The summed E-state index contributed by atoms with van der Waals surface area (Å²) in [6.45, 7) is 5.73. The average molecular weight is 275 g/mol. The molecule has 5 nitrogen and oxygen atoms in total. The second-order valence-corrected chi connectivity index (χ2v) is 4.43. The van der Waals surface area contributed by atoms with Gasteiger partial charge in [0.1, 0.15) is 0 Å². The fourth-order valence-corrected chi connectivity index (χ4v) is 1.68. The lowest BCUT2D eigenvalue weighted by Crippen LogP contribution is -2.39. The Morgan fingerprint density at radius 1 is 1.10 bits per heavy atom. The monoisotopic (exact) mass is 275 g/mol. The van der Waals surface area contributed by atoms with Crippen LogP contribution in [0.25, 0.3) is 0 Å². The first-order valence-electron chi connectivity index (χ1n) is 6.79. The fourth-order valence-electron chi connectivity index (χ4n) is 1.68. The van der Waals surface area contributed by atoms with Crippen LogP contribution in [0.1, 0.15) is 45.2 Å². The predicted octanol–water partition coefficient (Wildman–Crippen LogP) is 2.16. The van der Waals surface area contributed by atoms with Crippen molar-refractivity contribution in [2.45, 2.75) is 39.7 Å². The van der Waals surface area contributed by atoms with Gasteiger partial charge < -0.3 is 5.32 Å². The molecule has 0 heterocycles. The molecule has 108 valence electrons. The van der Waals surface area contributed by atoms with Crippen molar-refractivity contribution in [1.82, 2.24) is 10.7 Å². The molecule has 0 radical (unpaired) electrons.